The molecule has 96 valence electrons. The zero-order chi connectivity index (χ0) is 13.0. The normalized spacial score (nSPS) is 23.4. The van der Waals surface area contributed by atoms with E-state index in [1.54, 1.807) is 6.07 Å². The smallest absolute Gasteiger partial charge is 0.140 e. The number of rotatable bonds is 3. The third kappa shape index (κ3) is 2.81. The zero-order valence-electron chi connectivity index (χ0n) is 11.3. The SMILES string of the molecule is CCC1CCC(N(C)c2ccc(C#N)nc2)CC1. The summed E-state index contributed by atoms with van der Waals surface area (Å²) in [6, 6.07) is 6.48. The van der Waals surface area contributed by atoms with E-state index in [9.17, 15) is 0 Å². The van der Waals surface area contributed by atoms with Crippen LogP contribution in [0.4, 0.5) is 5.69 Å². The van der Waals surface area contributed by atoms with Gasteiger partial charge in [0.15, 0.2) is 0 Å². The van der Waals surface area contributed by atoms with Gasteiger partial charge in [0.25, 0.3) is 0 Å². The second-order valence-corrected chi connectivity index (χ2v) is 5.21. The van der Waals surface area contributed by atoms with E-state index in [0.29, 0.717) is 11.7 Å². The third-order valence-corrected chi connectivity index (χ3v) is 4.21. The van der Waals surface area contributed by atoms with Crippen molar-refractivity contribution in [3.8, 4) is 6.07 Å². The van der Waals surface area contributed by atoms with Gasteiger partial charge >= 0.3 is 0 Å². The highest BCUT2D eigenvalue weighted by Gasteiger charge is 2.23. The van der Waals surface area contributed by atoms with Gasteiger partial charge in [0.05, 0.1) is 11.9 Å². The fourth-order valence-corrected chi connectivity index (χ4v) is 2.81. The molecule has 3 nitrogen and oxygen atoms in total. The highest BCUT2D eigenvalue weighted by atomic mass is 15.1. The molecule has 1 aliphatic carbocycles. The van der Waals surface area contributed by atoms with Crippen molar-refractivity contribution in [3.05, 3.63) is 24.0 Å². The van der Waals surface area contributed by atoms with E-state index in [0.717, 1.165) is 11.6 Å². The highest BCUT2D eigenvalue weighted by molar-refractivity contribution is 5.46. The summed E-state index contributed by atoms with van der Waals surface area (Å²) < 4.78 is 0. The molecule has 0 bridgehead atoms. The highest BCUT2D eigenvalue weighted by Crippen LogP contribution is 2.30. The first-order valence-corrected chi connectivity index (χ1v) is 6.83. The Hall–Kier alpha value is -1.56. The van der Waals surface area contributed by atoms with Gasteiger partial charge in [0.1, 0.15) is 11.8 Å². The molecule has 0 unspecified atom stereocenters. The van der Waals surface area contributed by atoms with Crippen LogP contribution in [0.5, 0.6) is 0 Å². The number of nitriles is 1. The lowest BCUT2D eigenvalue weighted by molar-refractivity contribution is 0.313. The van der Waals surface area contributed by atoms with E-state index >= 15 is 0 Å². The van der Waals surface area contributed by atoms with E-state index in [1.807, 2.05) is 12.3 Å². The van der Waals surface area contributed by atoms with Crippen LogP contribution in [0.3, 0.4) is 0 Å². The Kier molecular flexibility index (Phi) is 4.19. The van der Waals surface area contributed by atoms with Crippen LogP contribution in [-0.4, -0.2) is 18.1 Å². The number of anilines is 1. The molecule has 2 rings (SSSR count). The second-order valence-electron chi connectivity index (χ2n) is 5.21. The van der Waals surface area contributed by atoms with E-state index in [1.165, 1.54) is 32.1 Å². The molecular formula is C15H21N3. The Morgan fingerprint density at radius 2 is 2.06 bits per heavy atom. The van der Waals surface area contributed by atoms with Crippen molar-refractivity contribution in [2.45, 2.75) is 45.1 Å². The molecule has 1 aromatic rings. The summed E-state index contributed by atoms with van der Waals surface area (Å²) in [5, 5.41) is 8.75. The molecule has 1 fully saturated rings. The van der Waals surface area contributed by atoms with Crippen molar-refractivity contribution in [2.24, 2.45) is 5.92 Å². The Morgan fingerprint density at radius 3 is 2.56 bits per heavy atom. The van der Waals surface area contributed by atoms with Crippen molar-refractivity contribution in [1.29, 1.82) is 5.26 Å². The van der Waals surface area contributed by atoms with Gasteiger partial charge in [-0.2, -0.15) is 5.26 Å². The molecule has 0 N–H and O–H groups in total. The van der Waals surface area contributed by atoms with Gasteiger partial charge in [-0.15, -0.1) is 0 Å². The lowest BCUT2D eigenvalue weighted by Crippen LogP contribution is -2.35. The lowest BCUT2D eigenvalue weighted by Gasteiger charge is -2.35. The molecule has 1 aliphatic rings. The molecule has 0 aromatic carbocycles. The van der Waals surface area contributed by atoms with Crippen molar-refractivity contribution in [3.63, 3.8) is 0 Å². The maximum Gasteiger partial charge on any atom is 0.140 e. The second kappa shape index (κ2) is 5.86. The van der Waals surface area contributed by atoms with E-state index < -0.39 is 0 Å². The number of aromatic nitrogens is 1. The molecule has 18 heavy (non-hydrogen) atoms. The van der Waals surface area contributed by atoms with Gasteiger partial charge in [0, 0.05) is 13.1 Å². The van der Waals surface area contributed by atoms with Gasteiger partial charge in [-0.1, -0.05) is 13.3 Å². The fourth-order valence-electron chi connectivity index (χ4n) is 2.81. The van der Waals surface area contributed by atoms with E-state index in [-0.39, 0.29) is 0 Å². The third-order valence-electron chi connectivity index (χ3n) is 4.21. The molecule has 1 heterocycles. The molecule has 0 aliphatic heterocycles. The van der Waals surface area contributed by atoms with Crippen LogP contribution in [-0.2, 0) is 0 Å². The summed E-state index contributed by atoms with van der Waals surface area (Å²) in [4.78, 5) is 6.46. The topological polar surface area (TPSA) is 39.9 Å². The molecule has 0 radical (unpaired) electrons. The van der Waals surface area contributed by atoms with Crippen LogP contribution in [0.2, 0.25) is 0 Å². The van der Waals surface area contributed by atoms with Crippen LogP contribution in [0.15, 0.2) is 18.3 Å². The number of pyridine rings is 1. The minimum absolute atomic E-state index is 0.488. The molecular weight excluding hydrogens is 222 g/mol. The van der Waals surface area contributed by atoms with Crippen molar-refractivity contribution in [2.75, 3.05) is 11.9 Å². The first-order valence-electron chi connectivity index (χ1n) is 6.83. The number of hydrogen-bond acceptors (Lipinski definition) is 3. The number of nitrogens with zero attached hydrogens (tertiary/aromatic N) is 3. The molecule has 1 aromatic heterocycles. The molecule has 0 amide bonds. The van der Waals surface area contributed by atoms with Gasteiger partial charge in [0.2, 0.25) is 0 Å². The summed E-state index contributed by atoms with van der Waals surface area (Å²) in [6.45, 7) is 2.29. The largest absolute Gasteiger partial charge is 0.370 e. The Morgan fingerprint density at radius 1 is 1.33 bits per heavy atom. The maximum atomic E-state index is 8.75. The average molecular weight is 243 g/mol. The van der Waals surface area contributed by atoms with E-state index in [4.69, 9.17) is 5.26 Å². The first-order chi connectivity index (χ1) is 8.74. The van der Waals surface area contributed by atoms with Crippen LogP contribution in [0.25, 0.3) is 0 Å². The van der Waals surface area contributed by atoms with Crippen LogP contribution < -0.4 is 4.90 Å². The molecule has 3 heteroatoms. The Bertz CT molecular complexity index is 410. The quantitative estimate of drug-likeness (QED) is 0.817. The molecule has 0 saturated heterocycles. The summed E-state index contributed by atoms with van der Waals surface area (Å²) in [5.74, 6) is 0.925. The maximum absolute atomic E-state index is 8.75. The molecule has 1 saturated carbocycles. The standard InChI is InChI=1S/C15H21N3/c1-3-12-4-7-14(8-5-12)18(2)15-9-6-13(10-16)17-11-15/h6,9,11-12,14H,3-5,7-8H2,1-2H3. The van der Waals surface area contributed by atoms with Crippen molar-refractivity contribution in [1.82, 2.24) is 4.98 Å². The van der Waals surface area contributed by atoms with Gasteiger partial charge in [-0.25, -0.2) is 4.98 Å². The average Bonchev–Trinajstić information content (AvgIpc) is 2.47. The number of hydrogen-bond donors (Lipinski definition) is 0. The lowest BCUT2D eigenvalue weighted by atomic mass is 9.84. The summed E-state index contributed by atoms with van der Waals surface area (Å²) in [6.07, 6.45) is 8.35. The van der Waals surface area contributed by atoms with Crippen LogP contribution in [0, 0.1) is 17.2 Å². The van der Waals surface area contributed by atoms with Crippen LogP contribution in [0.1, 0.15) is 44.7 Å². The zero-order valence-corrected chi connectivity index (χ0v) is 11.3. The predicted molar refractivity (Wildman–Crippen MR) is 73.4 cm³/mol. The molecule has 0 atom stereocenters. The van der Waals surface area contributed by atoms with Gasteiger partial charge in [-0.3, -0.25) is 0 Å². The minimum Gasteiger partial charge on any atom is -0.370 e. The van der Waals surface area contributed by atoms with Crippen molar-refractivity contribution >= 4 is 5.69 Å². The van der Waals surface area contributed by atoms with Crippen LogP contribution >= 0.6 is 0 Å². The van der Waals surface area contributed by atoms with E-state index in [2.05, 4.69) is 29.9 Å². The predicted octanol–water partition coefficient (Wildman–Crippen LogP) is 3.36. The Labute approximate surface area is 109 Å². The summed E-state index contributed by atoms with van der Waals surface area (Å²) in [7, 11) is 2.14. The summed E-state index contributed by atoms with van der Waals surface area (Å²) in [5.41, 5.74) is 1.61. The van der Waals surface area contributed by atoms with Gasteiger partial charge < -0.3 is 4.90 Å². The minimum atomic E-state index is 0.488. The molecule has 0 spiro atoms. The Balaban J connectivity index is 1.98. The van der Waals surface area contributed by atoms with Crippen molar-refractivity contribution < 1.29 is 0 Å². The summed E-state index contributed by atoms with van der Waals surface area (Å²) >= 11 is 0. The first kappa shape index (κ1) is 12.9. The monoisotopic (exact) mass is 243 g/mol. The fraction of sp³-hybridized carbons (Fsp3) is 0.600. The van der Waals surface area contributed by atoms with Gasteiger partial charge in [-0.05, 0) is 43.7 Å².